The molecule has 0 radical (unpaired) electrons. The highest BCUT2D eigenvalue weighted by atomic mass is 16.2. The zero-order valence-electron chi connectivity index (χ0n) is 13.6. The molecule has 1 saturated carbocycles. The van der Waals surface area contributed by atoms with Crippen LogP contribution in [0.5, 0.6) is 0 Å². The molecule has 0 N–H and O–H groups in total. The van der Waals surface area contributed by atoms with E-state index in [0.29, 0.717) is 19.0 Å². The van der Waals surface area contributed by atoms with E-state index in [1.807, 2.05) is 44.2 Å². The summed E-state index contributed by atoms with van der Waals surface area (Å²) in [6.07, 6.45) is 2.10. The number of carbonyl (C=O) groups is 1. The van der Waals surface area contributed by atoms with E-state index in [9.17, 15) is 9.59 Å². The molecule has 6 nitrogen and oxygen atoms in total. The molecule has 1 aliphatic carbocycles. The zero-order chi connectivity index (χ0) is 16.4. The highest BCUT2D eigenvalue weighted by Crippen LogP contribution is 2.39. The van der Waals surface area contributed by atoms with E-state index in [4.69, 9.17) is 0 Å². The molecule has 0 aliphatic heterocycles. The van der Waals surface area contributed by atoms with Crippen molar-refractivity contribution in [3.05, 3.63) is 46.6 Å². The lowest BCUT2D eigenvalue weighted by Gasteiger charge is -2.17. The minimum Gasteiger partial charge on any atom is -0.342 e. The van der Waals surface area contributed by atoms with E-state index in [0.717, 1.165) is 24.4 Å². The number of benzene rings is 1. The summed E-state index contributed by atoms with van der Waals surface area (Å²) in [4.78, 5) is 26.7. The van der Waals surface area contributed by atoms with Crippen molar-refractivity contribution in [1.29, 1.82) is 0 Å². The number of carbonyl (C=O) groups excluding carboxylic acids is 1. The summed E-state index contributed by atoms with van der Waals surface area (Å²) in [6, 6.07) is 9.50. The minimum atomic E-state index is -0.237. The molecule has 2 aromatic rings. The molecule has 0 atom stereocenters. The molecule has 1 aromatic heterocycles. The van der Waals surface area contributed by atoms with Gasteiger partial charge in [0.15, 0.2) is 0 Å². The molecule has 1 heterocycles. The summed E-state index contributed by atoms with van der Waals surface area (Å²) in [5.74, 6) is 1.03. The molecule has 1 fully saturated rings. The Bertz CT molecular complexity index is 740. The minimum absolute atomic E-state index is 0.0000664. The number of hydrogen-bond acceptors (Lipinski definition) is 3. The molecule has 0 saturated heterocycles. The second-order valence-electron chi connectivity index (χ2n) is 5.81. The second kappa shape index (κ2) is 6.40. The van der Waals surface area contributed by atoms with Crippen molar-refractivity contribution >= 4 is 5.91 Å². The normalized spacial score (nSPS) is 14.0. The van der Waals surface area contributed by atoms with E-state index < -0.39 is 0 Å². The Labute approximate surface area is 135 Å². The van der Waals surface area contributed by atoms with Gasteiger partial charge >= 0.3 is 5.69 Å². The largest absolute Gasteiger partial charge is 0.351 e. The van der Waals surface area contributed by atoms with Gasteiger partial charge in [-0.2, -0.15) is 5.10 Å². The van der Waals surface area contributed by atoms with Gasteiger partial charge in [-0.3, -0.25) is 4.79 Å². The van der Waals surface area contributed by atoms with Gasteiger partial charge in [0.25, 0.3) is 0 Å². The number of para-hydroxylation sites is 1. The van der Waals surface area contributed by atoms with Crippen LogP contribution >= 0.6 is 0 Å². The molecule has 0 spiro atoms. The lowest BCUT2D eigenvalue weighted by Crippen LogP contribution is -2.36. The fraction of sp³-hybridized carbons (Fsp3) is 0.471. The topological polar surface area (TPSA) is 60.1 Å². The maximum Gasteiger partial charge on any atom is 0.351 e. The molecule has 23 heavy (non-hydrogen) atoms. The van der Waals surface area contributed by atoms with Crippen molar-refractivity contribution in [2.45, 2.75) is 39.2 Å². The maximum absolute atomic E-state index is 12.7. The summed E-state index contributed by atoms with van der Waals surface area (Å²) in [6.45, 7) is 5.14. The predicted molar refractivity (Wildman–Crippen MR) is 87.7 cm³/mol. The third-order valence-electron chi connectivity index (χ3n) is 4.22. The smallest absolute Gasteiger partial charge is 0.342 e. The number of nitrogens with zero attached hydrogens (tertiary/aromatic N) is 4. The van der Waals surface area contributed by atoms with Crippen LogP contribution in [-0.4, -0.2) is 38.2 Å². The van der Waals surface area contributed by atoms with Gasteiger partial charge in [-0.1, -0.05) is 18.2 Å². The summed E-state index contributed by atoms with van der Waals surface area (Å²) in [7, 11) is 0. The van der Waals surface area contributed by atoms with Crippen LogP contribution in [0.4, 0.5) is 0 Å². The van der Waals surface area contributed by atoms with E-state index in [1.54, 1.807) is 9.47 Å². The van der Waals surface area contributed by atoms with Crippen LogP contribution in [0.15, 0.2) is 35.1 Å². The van der Waals surface area contributed by atoms with Crippen LogP contribution in [-0.2, 0) is 11.3 Å². The first kappa shape index (κ1) is 15.5. The Hall–Kier alpha value is -2.37. The Balaban J connectivity index is 1.97. The summed E-state index contributed by atoms with van der Waals surface area (Å²) in [5.41, 5.74) is 0.569. The number of aromatic nitrogens is 3. The van der Waals surface area contributed by atoms with Crippen LogP contribution in [0.1, 0.15) is 38.4 Å². The number of rotatable bonds is 6. The van der Waals surface area contributed by atoms with Crippen LogP contribution < -0.4 is 5.69 Å². The lowest BCUT2D eigenvalue weighted by atomic mass is 10.3. The van der Waals surface area contributed by atoms with Gasteiger partial charge in [-0.25, -0.2) is 14.0 Å². The molecule has 1 aromatic carbocycles. The van der Waals surface area contributed by atoms with Crippen LogP contribution in [0.25, 0.3) is 5.69 Å². The van der Waals surface area contributed by atoms with E-state index in [1.165, 1.54) is 4.68 Å². The predicted octanol–water partition coefficient (Wildman–Crippen LogP) is 1.78. The fourth-order valence-electron chi connectivity index (χ4n) is 2.76. The Kier molecular flexibility index (Phi) is 4.32. The molecule has 122 valence electrons. The van der Waals surface area contributed by atoms with Crippen molar-refractivity contribution in [1.82, 2.24) is 19.2 Å². The highest BCUT2D eigenvalue weighted by Gasteiger charge is 2.31. The zero-order valence-corrected chi connectivity index (χ0v) is 13.6. The standard InChI is InChI=1S/C17H22N4O2/c1-3-19(4-2)15(22)12-20-17(23)21(14-8-6-5-7-9-14)16(18-20)13-10-11-13/h5-9,13H,3-4,10-12H2,1-2H3. The molecule has 1 amide bonds. The maximum atomic E-state index is 12.7. The first-order valence-corrected chi connectivity index (χ1v) is 8.18. The Morgan fingerprint density at radius 2 is 1.87 bits per heavy atom. The monoisotopic (exact) mass is 314 g/mol. The molecular formula is C17H22N4O2. The third kappa shape index (κ3) is 3.06. The van der Waals surface area contributed by atoms with Crippen molar-refractivity contribution in [2.24, 2.45) is 0 Å². The van der Waals surface area contributed by atoms with Crippen molar-refractivity contribution in [2.75, 3.05) is 13.1 Å². The number of amides is 1. The van der Waals surface area contributed by atoms with Gasteiger partial charge in [0.1, 0.15) is 12.4 Å². The molecule has 0 unspecified atom stereocenters. The lowest BCUT2D eigenvalue weighted by molar-refractivity contribution is -0.131. The van der Waals surface area contributed by atoms with Gasteiger partial charge < -0.3 is 4.90 Å². The van der Waals surface area contributed by atoms with Gasteiger partial charge in [-0.05, 0) is 38.8 Å². The highest BCUT2D eigenvalue weighted by molar-refractivity contribution is 5.75. The third-order valence-corrected chi connectivity index (χ3v) is 4.22. The van der Waals surface area contributed by atoms with Crippen molar-refractivity contribution < 1.29 is 4.79 Å². The average molecular weight is 314 g/mol. The molecule has 3 rings (SSSR count). The van der Waals surface area contributed by atoms with Crippen molar-refractivity contribution in [3.63, 3.8) is 0 Å². The summed E-state index contributed by atoms with van der Waals surface area (Å²) in [5, 5.41) is 4.46. The summed E-state index contributed by atoms with van der Waals surface area (Å²) < 4.78 is 2.95. The number of likely N-dealkylation sites (N-methyl/N-ethyl adjacent to an activating group) is 1. The molecule has 1 aliphatic rings. The second-order valence-corrected chi connectivity index (χ2v) is 5.81. The SMILES string of the molecule is CCN(CC)C(=O)Cn1nc(C2CC2)n(-c2ccccc2)c1=O. The van der Waals surface area contributed by atoms with Gasteiger partial charge in [0, 0.05) is 19.0 Å². The quantitative estimate of drug-likeness (QED) is 0.816. The fourth-order valence-corrected chi connectivity index (χ4v) is 2.76. The first-order valence-electron chi connectivity index (χ1n) is 8.18. The van der Waals surface area contributed by atoms with Gasteiger partial charge in [-0.15, -0.1) is 0 Å². The van der Waals surface area contributed by atoms with Gasteiger partial charge in [0.2, 0.25) is 5.91 Å². The van der Waals surface area contributed by atoms with Crippen LogP contribution in [0, 0.1) is 0 Å². The van der Waals surface area contributed by atoms with Crippen LogP contribution in [0.3, 0.4) is 0 Å². The van der Waals surface area contributed by atoms with E-state index >= 15 is 0 Å². The van der Waals surface area contributed by atoms with Crippen LogP contribution in [0.2, 0.25) is 0 Å². The van der Waals surface area contributed by atoms with E-state index in [-0.39, 0.29) is 18.1 Å². The average Bonchev–Trinajstić information content (AvgIpc) is 3.35. The molecule has 6 heteroatoms. The summed E-state index contributed by atoms with van der Waals surface area (Å²) >= 11 is 0. The van der Waals surface area contributed by atoms with E-state index in [2.05, 4.69) is 5.10 Å². The Morgan fingerprint density at radius 3 is 2.43 bits per heavy atom. The Morgan fingerprint density at radius 1 is 1.22 bits per heavy atom. The van der Waals surface area contributed by atoms with Gasteiger partial charge in [0.05, 0.1) is 5.69 Å². The molecule has 0 bridgehead atoms. The first-order chi connectivity index (χ1) is 11.2. The number of hydrogen-bond donors (Lipinski definition) is 0. The van der Waals surface area contributed by atoms with Crippen molar-refractivity contribution in [3.8, 4) is 5.69 Å². The molecular weight excluding hydrogens is 292 g/mol.